The largest absolute Gasteiger partial charge is 0.506 e. The Morgan fingerprint density at radius 3 is 2.20 bits per heavy atom. The average molecular weight is 584 g/mol. The number of aliphatic hydroxyl groups is 1. The second kappa shape index (κ2) is 11.9. The van der Waals surface area contributed by atoms with E-state index in [4.69, 9.17) is 15.6 Å². The van der Waals surface area contributed by atoms with Crippen molar-refractivity contribution in [2.45, 2.75) is 68.9 Å². The van der Waals surface area contributed by atoms with Crippen LogP contribution in [0.25, 0.3) is 5.76 Å². The SMILES string of the molecule is CCCCC1(CCCC)C(=O)C(C2=NS(O)(O)c3cc(N)ccc3N2)=C(O)c2ccccc21.O=C(O)C(F)(F)F. The molecule has 0 spiro atoms. The number of nitrogen functional groups attached to an aromatic ring is 1. The van der Waals surface area contributed by atoms with Crippen molar-refractivity contribution in [1.82, 2.24) is 0 Å². The Morgan fingerprint density at radius 2 is 1.65 bits per heavy atom. The van der Waals surface area contributed by atoms with Crippen LogP contribution in [-0.2, 0) is 15.0 Å². The number of fused-ring (bicyclic) bond motifs is 2. The minimum absolute atomic E-state index is 0.00311. The van der Waals surface area contributed by atoms with Gasteiger partial charge >= 0.3 is 12.1 Å². The molecule has 0 saturated carbocycles. The molecule has 0 unspecified atom stereocenters. The van der Waals surface area contributed by atoms with Crippen LogP contribution in [0, 0.1) is 0 Å². The summed E-state index contributed by atoms with van der Waals surface area (Å²) >= 11 is 0. The molecule has 0 amide bonds. The molecule has 218 valence electrons. The van der Waals surface area contributed by atoms with Gasteiger partial charge in [0.25, 0.3) is 0 Å². The fraction of sp³-hybridized carbons (Fsp3) is 0.370. The third-order valence-electron chi connectivity index (χ3n) is 6.76. The van der Waals surface area contributed by atoms with Gasteiger partial charge < -0.3 is 21.3 Å². The number of nitrogens with one attached hydrogen (secondary N) is 1. The number of halogens is 3. The average Bonchev–Trinajstić information content (AvgIpc) is 2.88. The normalized spacial score (nSPS) is 17.9. The fourth-order valence-electron chi connectivity index (χ4n) is 4.81. The molecule has 40 heavy (non-hydrogen) atoms. The monoisotopic (exact) mass is 583 g/mol. The van der Waals surface area contributed by atoms with Gasteiger partial charge in [-0.15, -0.1) is 4.40 Å². The summed E-state index contributed by atoms with van der Waals surface area (Å²) in [6.07, 6.45) is -0.213. The predicted molar refractivity (Wildman–Crippen MR) is 148 cm³/mol. The zero-order valence-corrected chi connectivity index (χ0v) is 22.8. The maximum Gasteiger partial charge on any atom is 0.490 e. The van der Waals surface area contributed by atoms with Gasteiger partial charge in [-0.25, -0.2) is 4.79 Å². The van der Waals surface area contributed by atoms with Crippen molar-refractivity contribution in [3.05, 3.63) is 59.2 Å². The van der Waals surface area contributed by atoms with Gasteiger partial charge in [0, 0.05) is 11.3 Å². The van der Waals surface area contributed by atoms with E-state index >= 15 is 0 Å². The highest BCUT2D eigenvalue weighted by molar-refractivity contribution is 8.23. The number of carboxylic acid groups (broad SMARTS) is 1. The Balaban J connectivity index is 0.000000559. The summed E-state index contributed by atoms with van der Waals surface area (Å²) in [5.41, 5.74) is 7.20. The molecule has 0 saturated heterocycles. The summed E-state index contributed by atoms with van der Waals surface area (Å²) < 4.78 is 57.4. The number of unbranched alkanes of at least 4 members (excludes halogenated alkanes) is 2. The van der Waals surface area contributed by atoms with Gasteiger partial charge in [0.15, 0.2) is 11.6 Å². The molecule has 2 aliphatic rings. The number of aliphatic carboxylic acids is 1. The number of hydrogen-bond donors (Lipinski definition) is 6. The van der Waals surface area contributed by atoms with Gasteiger partial charge in [-0.1, -0.05) is 74.6 Å². The molecule has 2 aromatic carbocycles. The second-order valence-electron chi connectivity index (χ2n) is 9.53. The highest BCUT2D eigenvalue weighted by Crippen LogP contribution is 2.57. The summed E-state index contributed by atoms with van der Waals surface area (Å²) in [4.78, 5) is 23.3. The van der Waals surface area contributed by atoms with Crippen molar-refractivity contribution in [3.8, 4) is 0 Å². The Hall–Kier alpha value is -3.55. The number of carbonyl (C=O) groups is 2. The number of benzene rings is 2. The molecule has 0 atom stereocenters. The molecule has 1 aliphatic carbocycles. The molecule has 13 heteroatoms. The lowest BCUT2D eigenvalue weighted by molar-refractivity contribution is -0.192. The summed E-state index contributed by atoms with van der Waals surface area (Å²) in [7, 11) is -3.61. The number of nitrogens with two attached hydrogens (primary N) is 1. The lowest BCUT2D eigenvalue weighted by Crippen LogP contribution is -2.44. The number of carbonyl (C=O) groups excluding carboxylic acids is 1. The summed E-state index contributed by atoms with van der Waals surface area (Å²) in [5.74, 6) is -3.21. The fourth-order valence-corrected chi connectivity index (χ4v) is 6.01. The minimum Gasteiger partial charge on any atom is -0.506 e. The summed E-state index contributed by atoms with van der Waals surface area (Å²) in [6, 6.07) is 12.2. The number of nitrogens with zero attached hydrogens (tertiary/aromatic N) is 1. The molecule has 0 radical (unpaired) electrons. The number of ketones is 1. The van der Waals surface area contributed by atoms with Crippen LogP contribution in [0.15, 0.2) is 57.3 Å². The molecule has 7 N–H and O–H groups in total. The molecule has 9 nitrogen and oxygen atoms in total. The van der Waals surface area contributed by atoms with E-state index in [0.717, 1.165) is 31.2 Å². The molecule has 1 aliphatic heterocycles. The Labute approximate surface area is 231 Å². The zero-order chi connectivity index (χ0) is 29.9. The first kappa shape index (κ1) is 31.0. The van der Waals surface area contributed by atoms with Crippen molar-refractivity contribution in [2.24, 2.45) is 4.40 Å². The molecule has 0 aromatic heterocycles. The van der Waals surface area contributed by atoms with Crippen LogP contribution in [-0.4, -0.2) is 43.1 Å². The van der Waals surface area contributed by atoms with E-state index in [-0.39, 0.29) is 27.8 Å². The number of anilines is 2. The van der Waals surface area contributed by atoms with E-state index in [2.05, 4.69) is 23.6 Å². The third-order valence-corrected chi connectivity index (χ3v) is 8.13. The maximum absolute atomic E-state index is 14.2. The molecule has 0 fully saturated rings. The van der Waals surface area contributed by atoms with Crippen LogP contribution in [0.3, 0.4) is 0 Å². The van der Waals surface area contributed by atoms with Gasteiger partial charge in [0.1, 0.15) is 16.2 Å². The number of rotatable bonds is 7. The van der Waals surface area contributed by atoms with Crippen LogP contribution in [0.5, 0.6) is 0 Å². The predicted octanol–water partition coefficient (Wildman–Crippen LogP) is 6.92. The van der Waals surface area contributed by atoms with Gasteiger partial charge in [0.2, 0.25) is 0 Å². The van der Waals surface area contributed by atoms with E-state index in [0.29, 0.717) is 29.8 Å². The second-order valence-corrected chi connectivity index (χ2v) is 11.2. The lowest BCUT2D eigenvalue weighted by atomic mass is 9.63. The standard InChI is InChI=1S/C25H31N3O4S.C2HF3O2/c1-3-5-13-25(14-6-4-2)18-10-8-7-9-17(18)22(29)21(23(25)30)24-27-19-12-11-16(26)15-20(19)33(31,32)28-24;3-2(4,5)1(6)7/h7-12,15,29,31-32H,3-6,13-14,26H2,1-2H3,(H,27,28);(H,6,7). The molecule has 2 aromatic rings. The Morgan fingerprint density at radius 1 is 1.07 bits per heavy atom. The Kier molecular flexibility index (Phi) is 9.22. The first-order valence-corrected chi connectivity index (χ1v) is 14.1. The maximum atomic E-state index is 14.2. The molecular weight excluding hydrogens is 551 g/mol. The first-order chi connectivity index (χ1) is 18.7. The highest BCUT2D eigenvalue weighted by Gasteiger charge is 2.48. The molecular formula is C27H32F3N3O6S. The smallest absolute Gasteiger partial charge is 0.490 e. The van der Waals surface area contributed by atoms with Gasteiger partial charge in [-0.3, -0.25) is 13.9 Å². The van der Waals surface area contributed by atoms with E-state index in [1.54, 1.807) is 18.2 Å². The molecule has 1 heterocycles. The van der Waals surface area contributed by atoms with Crippen LogP contribution >= 0.6 is 10.8 Å². The van der Waals surface area contributed by atoms with Crippen LogP contribution < -0.4 is 11.1 Å². The van der Waals surface area contributed by atoms with Crippen LogP contribution in [0.1, 0.15) is 63.5 Å². The highest BCUT2D eigenvalue weighted by atomic mass is 32.3. The number of Topliss-reactive ketones (excluding diaryl/α,β-unsaturated/α-hetero) is 1. The van der Waals surface area contributed by atoms with E-state index in [1.807, 2.05) is 18.2 Å². The number of hydrogen-bond acceptors (Lipinski definition) is 8. The van der Waals surface area contributed by atoms with Crippen molar-refractivity contribution in [1.29, 1.82) is 0 Å². The van der Waals surface area contributed by atoms with Crippen molar-refractivity contribution >= 4 is 45.5 Å². The lowest BCUT2D eigenvalue weighted by Gasteiger charge is -2.40. The van der Waals surface area contributed by atoms with E-state index in [1.165, 1.54) is 6.07 Å². The van der Waals surface area contributed by atoms with Gasteiger partial charge in [0.05, 0.1) is 11.1 Å². The summed E-state index contributed by atoms with van der Waals surface area (Å²) in [6.45, 7) is 4.18. The first-order valence-electron chi connectivity index (χ1n) is 12.6. The van der Waals surface area contributed by atoms with Gasteiger partial charge in [-0.2, -0.15) is 13.2 Å². The van der Waals surface area contributed by atoms with Gasteiger partial charge in [-0.05, 0) is 36.6 Å². The summed E-state index contributed by atoms with van der Waals surface area (Å²) in [5, 5.41) is 21.4. The quantitative estimate of drug-likeness (QED) is 0.191. The zero-order valence-electron chi connectivity index (χ0n) is 22.0. The molecule has 0 bridgehead atoms. The number of carboxylic acids is 1. The van der Waals surface area contributed by atoms with Crippen molar-refractivity contribution < 1.29 is 42.1 Å². The van der Waals surface area contributed by atoms with Crippen molar-refractivity contribution in [2.75, 3.05) is 11.1 Å². The topological polar surface area (TPSA) is 165 Å². The van der Waals surface area contributed by atoms with Crippen LogP contribution in [0.2, 0.25) is 0 Å². The van der Waals surface area contributed by atoms with E-state index in [9.17, 15) is 32.2 Å². The van der Waals surface area contributed by atoms with E-state index < -0.39 is 28.3 Å². The number of aliphatic hydroxyl groups excluding tert-OH is 1. The van der Waals surface area contributed by atoms with Crippen molar-refractivity contribution in [3.63, 3.8) is 0 Å². The Bertz CT molecular complexity index is 1350. The number of amidine groups is 1. The number of alkyl halides is 3. The van der Waals surface area contributed by atoms with Crippen LogP contribution in [0.4, 0.5) is 24.5 Å². The molecule has 4 rings (SSSR count). The third kappa shape index (κ3) is 6.11. The minimum atomic E-state index is -5.08.